The quantitative estimate of drug-likeness (QED) is 0.779. The van der Waals surface area contributed by atoms with Crippen LogP contribution >= 0.6 is 0 Å². The molecule has 1 saturated heterocycles. The van der Waals surface area contributed by atoms with E-state index in [4.69, 9.17) is 4.74 Å². The van der Waals surface area contributed by atoms with Gasteiger partial charge in [-0.25, -0.2) is 18.6 Å². The molecule has 0 atom stereocenters. The van der Waals surface area contributed by atoms with Gasteiger partial charge in [0, 0.05) is 32.4 Å². The standard InChI is InChI=1S/C15H21F2N3O2/c1-11(2)22-15(21)12-4-3-5-18-14(12)20-8-6-19(7-9-20)10-13(16)17/h3-5,11,13H,6-10H2,1-2H3. The molecule has 0 aliphatic carbocycles. The normalized spacial score (nSPS) is 16.4. The number of aromatic nitrogens is 1. The molecule has 7 heteroatoms. The van der Waals surface area contributed by atoms with Crippen LogP contribution in [0.15, 0.2) is 18.3 Å². The number of nitrogens with zero attached hydrogens (tertiary/aromatic N) is 3. The first-order chi connectivity index (χ1) is 10.5. The fourth-order valence-electron chi connectivity index (χ4n) is 2.42. The van der Waals surface area contributed by atoms with E-state index in [-0.39, 0.29) is 12.6 Å². The molecule has 0 unspecified atom stereocenters. The van der Waals surface area contributed by atoms with Crippen LogP contribution in [0.1, 0.15) is 24.2 Å². The van der Waals surface area contributed by atoms with Crippen molar-refractivity contribution in [3.63, 3.8) is 0 Å². The highest BCUT2D eigenvalue weighted by Crippen LogP contribution is 2.20. The van der Waals surface area contributed by atoms with Gasteiger partial charge in [-0.2, -0.15) is 0 Å². The number of halogens is 2. The third-order valence-corrected chi connectivity index (χ3v) is 3.42. The number of ether oxygens (including phenoxy) is 1. The number of rotatable bonds is 5. The Morgan fingerprint density at radius 1 is 1.32 bits per heavy atom. The molecule has 2 rings (SSSR count). The molecule has 0 saturated carbocycles. The van der Waals surface area contributed by atoms with Crippen LogP contribution in [0.2, 0.25) is 0 Å². The first-order valence-corrected chi connectivity index (χ1v) is 7.39. The SMILES string of the molecule is CC(C)OC(=O)c1cccnc1N1CCN(CC(F)F)CC1. The molecule has 1 fully saturated rings. The maximum absolute atomic E-state index is 12.4. The molecule has 0 N–H and O–H groups in total. The molecule has 0 amide bonds. The van der Waals surface area contributed by atoms with Crippen LogP contribution in [-0.2, 0) is 4.74 Å². The summed E-state index contributed by atoms with van der Waals surface area (Å²) in [6.45, 7) is 5.54. The van der Waals surface area contributed by atoms with E-state index >= 15 is 0 Å². The molecule has 5 nitrogen and oxygen atoms in total. The molecular weight excluding hydrogens is 292 g/mol. The number of hydrogen-bond acceptors (Lipinski definition) is 5. The Hall–Kier alpha value is -1.76. The van der Waals surface area contributed by atoms with Crippen molar-refractivity contribution in [1.82, 2.24) is 9.88 Å². The maximum Gasteiger partial charge on any atom is 0.342 e. The average Bonchev–Trinajstić information content (AvgIpc) is 2.47. The van der Waals surface area contributed by atoms with E-state index in [1.165, 1.54) is 0 Å². The Bertz CT molecular complexity index is 503. The topological polar surface area (TPSA) is 45.7 Å². The first-order valence-electron chi connectivity index (χ1n) is 7.39. The summed E-state index contributed by atoms with van der Waals surface area (Å²) in [7, 11) is 0. The van der Waals surface area contributed by atoms with Gasteiger partial charge in [0.2, 0.25) is 0 Å². The summed E-state index contributed by atoms with van der Waals surface area (Å²) in [4.78, 5) is 20.1. The van der Waals surface area contributed by atoms with E-state index in [1.807, 2.05) is 4.90 Å². The summed E-state index contributed by atoms with van der Waals surface area (Å²) >= 11 is 0. The monoisotopic (exact) mass is 313 g/mol. The Morgan fingerprint density at radius 2 is 2.00 bits per heavy atom. The van der Waals surface area contributed by atoms with E-state index in [1.54, 1.807) is 37.1 Å². The Kier molecular flexibility index (Phi) is 5.65. The summed E-state index contributed by atoms with van der Waals surface area (Å²) in [5.41, 5.74) is 0.415. The van der Waals surface area contributed by atoms with Crippen molar-refractivity contribution in [3.8, 4) is 0 Å². The Balaban J connectivity index is 2.06. The second-order valence-electron chi connectivity index (χ2n) is 5.51. The van der Waals surface area contributed by atoms with Gasteiger partial charge >= 0.3 is 5.97 Å². The summed E-state index contributed by atoms with van der Waals surface area (Å²) in [6.07, 6.45) is -0.908. The van der Waals surface area contributed by atoms with Gasteiger partial charge in [-0.1, -0.05) is 0 Å². The lowest BCUT2D eigenvalue weighted by atomic mass is 10.2. The predicted octanol–water partition coefficient (Wildman–Crippen LogP) is 2.03. The van der Waals surface area contributed by atoms with Gasteiger partial charge in [0.05, 0.1) is 12.6 Å². The zero-order valence-corrected chi connectivity index (χ0v) is 12.8. The number of alkyl halides is 2. The first kappa shape index (κ1) is 16.6. The summed E-state index contributed by atoms with van der Waals surface area (Å²) in [6, 6.07) is 3.37. The summed E-state index contributed by atoms with van der Waals surface area (Å²) < 4.78 is 30.0. The highest BCUT2D eigenvalue weighted by atomic mass is 19.3. The third-order valence-electron chi connectivity index (χ3n) is 3.42. The number of pyridine rings is 1. The van der Waals surface area contributed by atoms with Crippen molar-refractivity contribution in [3.05, 3.63) is 23.9 Å². The molecule has 1 aliphatic heterocycles. The molecule has 0 radical (unpaired) electrons. The van der Waals surface area contributed by atoms with E-state index in [0.29, 0.717) is 37.6 Å². The highest BCUT2D eigenvalue weighted by molar-refractivity contribution is 5.94. The predicted molar refractivity (Wildman–Crippen MR) is 79.4 cm³/mol. The largest absolute Gasteiger partial charge is 0.459 e. The molecule has 0 aromatic carbocycles. The van der Waals surface area contributed by atoms with Crippen LogP contribution in [0.4, 0.5) is 14.6 Å². The molecular formula is C15H21F2N3O2. The number of piperazine rings is 1. The van der Waals surface area contributed by atoms with Crippen LogP contribution in [0.25, 0.3) is 0 Å². The molecule has 122 valence electrons. The maximum atomic E-state index is 12.4. The van der Waals surface area contributed by atoms with E-state index in [0.717, 1.165) is 0 Å². The van der Waals surface area contributed by atoms with Gasteiger partial charge in [0.15, 0.2) is 0 Å². The second-order valence-corrected chi connectivity index (χ2v) is 5.51. The molecule has 22 heavy (non-hydrogen) atoms. The number of hydrogen-bond donors (Lipinski definition) is 0. The lowest BCUT2D eigenvalue weighted by Crippen LogP contribution is -2.48. The van der Waals surface area contributed by atoms with Crippen LogP contribution in [0.5, 0.6) is 0 Å². The van der Waals surface area contributed by atoms with Gasteiger partial charge in [0.25, 0.3) is 6.43 Å². The lowest BCUT2D eigenvalue weighted by Gasteiger charge is -2.35. The van der Waals surface area contributed by atoms with E-state index in [2.05, 4.69) is 4.98 Å². The van der Waals surface area contributed by atoms with Crippen LogP contribution in [0.3, 0.4) is 0 Å². The van der Waals surface area contributed by atoms with Crippen molar-refractivity contribution in [1.29, 1.82) is 0 Å². The van der Waals surface area contributed by atoms with Gasteiger partial charge in [-0.05, 0) is 26.0 Å². The summed E-state index contributed by atoms with van der Waals surface area (Å²) in [5, 5.41) is 0. The zero-order chi connectivity index (χ0) is 16.1. The van der Waals surface area contributed by atoms with Crippen molar-refractivity contribution in [2.24, 2.45) is 0 Å². The molecule has 1 aromatic heterocycles. The van der Waals surface area contributed by atoms with Crippen molar-refractivity contribution < 1.29 is 18.3 Å². The number of carbonyl (C=O) groups excluding carboxylic acids is 1. The minimum Gasteiger partial charge on any atom is -0.459 e. The third kappa shape index (κ3) is 4.37. The average molecular weight is 313 g/mol. The van der Waals surface area contributed by atoms with Gasteiger partial charge in [-0.3, -0.25) is 4.90 Å². The van der Waals surface area contributed by atoms with Crippen molar-refractivity contribution >= 4 is 11.8 Å². The number of anilines is 1. The fourth-order valence-corrected chi connectivity index (χ4v) is 2.42. The van der Waals surface area contributed by atoms with E-state index < -0.39 is 12.4 Å². The van der Waals surface area contributed by atoms with Crippen LogP contribution < -0.4 is 4.90 Å². The Labute approximate surface area is 128 Å². The molecule has 1 aromatic rings. The highest BCUT2D eigenvalue weighted by Gasteiger charge is 2.24. The second kappa shape index (κ2) is 7.49. The van der Waals surface area contributed by atoms with Gasteiger partial charge < -0.3 is 9.64 Å². The fraction of sp³-hybridized carbons (Fsp3) is 0.600. The Morgan fingerprint density at radius 3 is 2.59 bits per heavy atom. The van der Waals surface area contributed by atoms with Gasteiger partial charge in [0.1, 0.15) is 11.4 Å². The molecule has 2 heterocycles. The van der Waals surface area contributed by atoms with E-state index in [9.17, 15) is 13.6 Å². The lowest BCUT2D eigenvalue weighted by molar-refractivity contribution is 0.0378. The number of carbonyl (C=O) groups is 1. The zero-order valence-electron chi connectivity index (χ0n) is 12.8. The van der Waals surface area contributed by atoms with Crippen molar-refractivity contribution in [2.75, 3.05) is 37.6 Å². The molecule has 0 spiro atoms. The molecule has 0 bridgehead atoms. The van der Waals surface area contributed by atoms with Crippen LogP contribution in [0, 0.1) is 0 Å². The smallest absolute Gasteiger partial charge is 0.342 e. The van der Waals surface area contributed by atoms with Gasteiger partial charge in [-0.15, -0.1) is 0 Å². The van der Waals surface area contributed by atoms with Crippen molar-refractivity contribution in [2.45, 2.75) is 26.4 Å². The summed E-state index contributed by atoms with van der Waals surface area (Å²) in [5.74, 6) is 0.151. The minimum absolute atomic E-state index is 0.205. The number of esters is 1. The minimum atomic E-state index is -2.32. The van der Waals surface area contributed by atoms with Crippen LogP contribution in [-0.4, -0.2) is 61.1 Å². The molecule has 1 aliphatic rings.